The van der Waals surface area contributed by atoms with Gasteiger partial charge in [-0.1, -0.05) is 11.6 Å². The Kier molecular flexibility index (Phi) is 5.28. The van der Waals surface area contributed by atoms with Crippen molar-refractivity contribution in [2.45, 2.75) is 26.3 Å². The third-order valence-corrected chi connectivity index (χ3v) is 2.55. The van der Waals surface area contributed by atoms with Crippen molar-refractivity contribution in [2.24, 2.45) is 0 Å². The van der Waals surface area contributed by atoms with E-state index in [1.807, 2.05) is 6.92 Å². The molecule has 16 heavy (non-hydrogen) atoms. The monoisotopic (exact) mass is 245 g/mol. The standard InChI is InChI=1S/C10H16ClN3O2/c1-2-14-10(16)9(11)8(7-13-14)12-5-3-4-6-15/h7,12,15H,2-6H2,1H3. The lowest BCUT2D eigenvalue weighted by atomic mass is 10.3. The predicted molar refractivity (Wildman–Crippen MR) is 64.0 cm³/mol. The van der Waals surface area contributed by atoms with Crippen molar-refractivity contribution >= 4 is 17.3 Å². The van der Waals surface area contributed by atoms with Crippen LogP contribution < -0.4 is 10.9 Å². The van der Waals surface area contributed by atoms with Crippen LogP contribution in [0.25, 0.3) is 0 Å². The molecule has 2 N–H and O–H groups in total. The van der Waals surface area contributed by atoms with E-state index in [2.05, 4.69) is 10.4 Å². The summed E-state index contributed by atoms with van der Waals surface area (Å²) in [6, 6.07) is 0. The van der Waals surface area contributed by atoms with Gasteiger partial charge in [0, 0.05) is 19.7 Å². The van der Waals surface area contributed by atoms with E-state index in [1.165, 1.54) is 4.68 Å². The van der Waals surface area contributed by atoms with Crippen molar-refractivity contribution in [1.29, 1.82) is 0 Å². The molecule has 0 fully saturated rings. The van der Waals surface area contributed by atoms with E-state index >= 15 is 0 Å². The average molecular weight is 246 g/mol. The lowest BCUT2D eigenvalue weighted by Crippen LogP contribution is -2.23. The third kappa shape index (κ3) is 3.21. The molecule has 1 heterocycles. The molecule has 0 aliphatic heterocycles. The summed E-state index contributed by atoms with van der Waals surface area (Å²) in [5.74, 6) is 0. The number of hydrogen-bond acceptors (Lipinski definition) is 4. The van der Waals surface area contributed by atoms with Crippen LogP contribution in [0.15, 0.2) is 11.0 Å². The Morgan fingerprint density at radius 2 is 2.31 bits per heavy atom. The number of aromatic nitrogens is 2. The molecule has 5 nitrogen and oxygen atoms in total. The van der Waals surface area contributed by atoms with Crippen LogP contribution in [0.2, 0.25) is 5.02 Å². The molecule has 0 radical (unpaired) electrons. The van der Waals surface area contributed by atoms with Crippen LogP contribution in [0.5, 0.6) is 0 Å². The number of halogens is 1. The highest BCUT2D eigenvalue weighted by Gasteiger charge is 2.07. The molecule has 0 aliphatic rings. The van der Waals surface area contributed by atoms with Gasteiger partial charge in [0.1, 0.15) is 5.02 Å². The highest BCUT2D eigenvalue weighted by Crippen LogP contribution is 2.14. The minimum atomic E-state index is -0.281. The predicted octanol–water partition coefficient (Wildman–Crippen LogP) is 1.10. The Balaban J connectivity index is 2.68. The SMILES string of the molecule is CCn1ncc(NCCCCO)c(Cl)c1=O. The molecule has 0 saturated heterocycles. The van der Waals surface area contributed by atoms with Crippen LogP contribution in [0.3, 0.4) is 0 Å². The first-order valence-electron chi connectivity index (χ1n) is 5.31. The molecule has 6 heteroatoms. The van der Waals surface area contributed by atoms with Crippen molar-refractivity contribution in [3.8, 4) is 0 Å². The number of aryl methyl sites for hydroxylation is 1. The van der Waals surface area contributed by atoms with E-state index in [4.69, 9.17) is 16.7 Å². The van der Waals surface area contributed by atoms with Gasteiger partial charge in [0.05, 0.1) is 11.9 Å². The van der Waals surface area contributed by atoms with E-state index in [0.29, 0.717) is 18.8 Å². The maximum atomic E-state index is 11.6. The van der Waals surface area contributed by atoms with E-state index in [1.54, 1.807) is 6.20 Å². The van der Waals surface area contributed by atoms with Crippen molar-refractivity contribution in [2.75, 3.05) is 18.5 Å². The van der Waals surface area contributed by atoms with Crippen LogP contribution in [-0.2, 0) is 6.54 Å². The summed E-state index contributed by atoms with van der Waals surface area (Å²) in [4.78, 5) is 11.6. The summed E-state index contributed by atoms with van der Waals surface area (Å²) in [5, 5.41) is 15.8. The zero-order chi connectivity index (χ0) is 12.0. The van der Waals surface area contributed by atoms with Gasteiger partial charge in [0.25, 0.3) is 5.56 Å². The minimum absolute atomic E-state index is 0.167. The van der Waals surface area contributed by atoms with Gasteiger partial charge in [0.2, 0.25) is 0 Å². The summed E-state index contributed by atoms with van der Waals surface area (Å²) in [6.07, 6.45) is 3.10. The quantitative estimate of drug-likeness (QED) is 0.737. The summed E-state index contributed by atoms with van der Waals surface area (Å²) in [7, 11) is 0. The van der Waals surface area contributed by atoms with Gasteiger partial charge >= 0.3 is 0 Å². The lowest BCUT2D eigenvalue weighted by molar-refractivity contribution is 0.286. The van der Waals surface area contributed by atoms with E-state index < -0.39 is 0 Å². The molecule has 90 valence electrons. The van der Waals surface area contributed by atoms with Crippen molar-refractivity contribution in [3.05, 3.63) is 21.6 Å². The van der Waals surface area contributed by atoms with Crippen LogP contribution in [-0.4, -0.2) is 28.0 Å². The van der Waals surface area contributed by atoms with Gasteiger partial charge in [-0.2, -0.15) is 5.10 Å². The maximum absolute atomic E-state index is 11.6. The van der Waals surface area contributed by atoms with Gasteiger partial charge in [-0.05, 0) is 19.8 Å². The number of nitrogens with one attached hydrogen (secondary N) is 1. The van der Waals surface area contributed by atoms with Crippen LogP contribution in [0.1, 0.15) is 19.8 Å². The summed E-state index contributed by atoms with van der Waals surface area (Å²) >= 11 is 5.90. The number of hydrogen-bond donors (Lipinski definition) is 2. The van der Waals surface area contributed by atoms with Crippen molar-refractivity contribution in [3.63, 3.8) is 0 Å². The average Bonchev–Trinajstić information content (AvgIpc) is 2.30. The van der Waals surface area contributed by atoms with Gasteiger partial charge < -0.3 is 10.4 Å². The highest BCUT2D eigenvalue weighted by atomic mass is 35.5. The summed E-state index contributed by atoms with van der Waals surface area (Å²) in [5.41, 5.74) is 0.269. The lowest BCUT2D eigenvalue weighted by Gasteiger charge is -2.08. The fourth-order valence-electron chi connectivity index (χ4n) is 1.27. The first kappa shape index (κ1) is 13.0. The first-order valence-corrected chi connectivity index (χ1v) is 5.68. The van der Waals surface area contributed by atoms with Gasteiger partial charge in [0.15, 0.2) is 0 Å². The Morgan fingerprint density at radius 1 is 1.56 bits per heavy atom. The normalized spacial score (nSPS) is 10.4. The Hall–Kier alpha value is -1.07. The highest BCUT2D eigenvalue weighted by molar-refractivity contribution is 6.32. The molecule has 0 amide bonds. The van der Waals surface area contributed by atoms with Gasteiger partial charge in [-0.15, -0.1) is 0 Å². The Labute approximate surface area is 99.0 Å². The van der Waals surface area contributed by atoms with E-state index in [9.17, 15) is 4.79 Å². The smallest absolute Gasteiger partial charge is 0.287 e. The minimum Gasteiger partial charge on any atom is -0.396 e. The number of nitrogens with zero attached hydrogens (tertiary/aromatic N) is 2. The summed E-state index contributed by atoms with van der Waals surface area (Å²) < 4.78 is 1.31. The largest absolute Gasteiger partial charge is 0.396 e. The Bertz CT molecular complexity index is 392. The van der Waals surface area contributed by atoms with E-state index in [-0.39, 0.29) is 17.2 Å². The van der Waals surface area contributed by atoms with Crippen LogP contribution >= 0.6 is 11.6 Å². The zero-order valence-electron chi connectivity index (χ0n) is 9.24. The third-order valence-electron chi connectivity index (χ3n) is 2.18. The molecule has 1 rings (SSSR count). The number of aliphatic hydroxyl groups excluding tert-OH is 1. The molecule has 0 spiro atoms. The zero-order valence-corrected chi connectivity index (χ0v) is 10.00. The number of anilines is 1. The molecular formula is C10H16ClN3O2. The molecule has 0 aromatic carbocycles. The number of unbranched alkanes of at least 4 members (excludes halogenated alkanes) is 1. The molecule has 0 bridgehead atoms. The molecule has 0 aliphatic carbocycles. The molecule has 0 atom stereocenters. The van der Waals surface area contributed by atoms with Crippen molar-refractivity contribution in [1.82, 2.24) is 9.78 Å². The van der Waals surface area contributed by atoms with Gasteiger partial charge in [-0.25, -0.2) is 4.68 Å². The van der Waals surface area contributed by atoms with Crippen molar-refractivity contribution < 1.29 is 5.11 Å². The topological polar surface area (TPSA) is 67.2 Å². The fourth-order valence-corrected chi connectivity index (χ4v) is 1.49. The number of rotatable bonds is 6. The van der Waals surface area contributed by atoms with Crippen LogP contribution in [0.4, 0.5) is 5.69 Å². The van der Waals surface area contributed by atoms with Gasteiger partial charge in [-0.3, -0.25) is 4.79 Å². The Morgan fingerprint density at radius 3 is 2.94 bits per heavy atom. The second-order valence-electron chi connectivity index (χ2n) is 3.35. The maximum Gasteiger partial charge on any atom is 0.287 e. The molecular weight excluding hydrogens is 230 g/mol. The second-order valence-corrected chi connectivity index (χ2v) is 3.73. The first-order chi connectivity index (χ1) is 7.70. The van der Waals surface area contributed by atoms with E-state index in [0.717, 1.165) is 12.8 Å². The second kappa shape index (κ2) is 6.50. The molecule has 1 aromatic heterocycles. The molecule has 1 aromatic rings. The molecule has 0 saturated carbocycles. The summed E-state index contributed by atoms with van der Waals surface area (Å²) in [6.45, 7) is 3.17. The number of aliphatic hydroxyl groups is 1. The fraction of sp³-hybridized carbons (Fsp3) is 0.600. The van der Waals surface area contributed by atoms with Crippen LogP contribution in [0, 0.1) is 0 Å². The molecule has 0 unspecified atom stereocenters.